The molecule has 2 aromatic rings. The van der Waals surface area contributed by atoms with Gasteiger partial charge in [-0.1, -0.05) is 20.8 Å². The number of nitrogens with zero attached hydrogens (tertiary/aromatic N) is 2. The second-order valence-corrected chi connectivity index (χ2v) is 5.71. The lowest BCUT2D eigenvalue weighted by atomic mass is 9.96. The third kappa shape index (κ3) is 5.82. The number of halogens is 4. The van der Waals surface area contributed by atoms with Crippen LogP contribution in [0.15, 0.2) is 24.5 Å². The summed E-state index contributed by atoms with van der Waals surface area (Å²) < 4.78 is 49.4. The van der Waals surface area contributed by atoms with Gasteiger partial charge in [0.25, 0.3) is 0 Å². The standard InChI is InChI=1S/C10H12F2N2O.C5H4F2N2/c1-10(2,3)9(15)14-8-4-6(11)7(12)5-13-8;6-3-1-5(8)9-2-4(3)7/h4-5H,1-3H3,(H,13,14,15);1-2H,(H2,8,9). The molecule has 0 fully saturated rings. The highest BCUT2D eigenvalue weighted by molar-refractivity contribution is 5.93. The maximum absolute atomic E-state index is 12.8. The van der Waals surface area contributed by atoms with Crippen molar-refractivity contribution in [1.29, 1.82) is 0 Å². The van der Waals surface area contributed by atoms with Gasteiger partial charge in [0.05, 0.1) is 12.4 Å². The van der Waals surface area contributed by atoms with Crippen molar-refractivity contribution in [2.75, 3.05) is 11.1 Å². The molecule has 2 aromatic heterocycles. The minimum Gasteiger partial charge on any atom is -0.384 e. The third-order valence-corrected chi connectivity index (χ3v) is 2.56. The van der Waals surface area contributed by atoms with Gasteiger partial charge >= 0.3 is 0 Å². The summed E-state index contributed by atoms with van der Waals surface area (Å²) in [5, 5.41) is 2.39. The van der Waals surface area contributed by atoms with Gasteiger partial charge in [-0.25, -0.2) is 27.5 Å². The van der Waals surface area contributed by atoms with Gasteiger partial charge in [-0.3, -0.25) is 4.79 Å². The lowest BCUT2D eigenvalue weighted by Gasteiger charge is -2.16. The number of nitrogens with two attached hydrogens (primary N) is 1. The second-order valence-electron chi connectivity index (χ2n) is 5.71. The Morgan fingerprint density at radius 3 is 1.88 bits per heavy atom. The van der Waals surface area contributed by atoms with Crippen LogP contribution in [-0.2, 0) is 4.79 Å². The molecule has 1 amide bonds. The first kappa shape index (κ1) is 19.3. The number of anilines is 2. The van der Waals surface area contributed by atoms with Crippen molar-refractivity contribution in [2.45, 2.75) is 20.8 Å². The summed E-state index contributed by atoms with van der Waals surface area (Å²) in [5.74, 6) is -4.34. The van der Waals surface area contributed by atoms with E-state index in [-0.39, 0.29) is 17.5 Å². The van der Waals surface area contributed by atoms with E-state index >= 15 is 0 Å². The van der Waals surface area contributed by atoms with E-state index in [2.05, 4.69) is 15.3 Å². The van der Waals surface area contributed by atoms with Gasteiger partial charge in [-0.2, -0.15) is 0 Å². The maximum atomic E-state index is 12.8. The van der Waals surface area contributed by atoms with Crippen molar-refractivity contribution < 1.29 is 22.4 Å². The third-order valence-electron chi connectivity index (χ3n) is 2.56. The van der Waals surface area contributed by atoms with Crippen LogP contribution in [-0.4, -0.2) is 15.9 Å². The minimum atomic E-state index is -1.04. The summed E-state index contributed by atoms with van der Waals surface area (Å²) in [5.41, 5.74) is 4.41. The van der Waals surface area contributed by atoms with Crippen LogP contribution in [0.25, 0.3) is 0 Å². The van der Waals surface area contributed by atoms with Gasteiger partial charge in [0.2, 0.25) is 5.91 Å². The van der Waals surface area contributed by atoms with Gasteiger partial charge in [0.1, 0.15) is 11.6 Å². The molecule has 0 atom stereocenters. The molecule has 2 rings (SSSR count). The maximum Gasteiger partial charge on any atom is 0.230 e. The smallest absolute Gasteiger partial charge is 0.230 e. The topological polar surface area (TPSA) is 80.9 Å². The predicted octanol–water partition coefficient (Wildman–Crippen LogP) is 3.29. The molecule has 0 aromatic carbocycles. The Balaban J connectivity index is 0.000000272. The molecule has 0 saturated carbocycles. The van der Waals surface area contributed by atoms with Crippen molar-refractivity contribution in [3.8, 4) is 0 Å². The number of nitrogens with one attached hydrogen (secondary N) is 1. The Hall–Kier alpha value is -2.71. The number of amides is 1. The van der Waals surface area contributed by atoms with E-state index in [0.29, 0.717) is 0 Å². The van der Waals surface area contributed by atoms with Crippen LogP contribution in [0.1, 0.15) is 20.8 Å². The highest BCUT2D eigenvalue weighted by Crippen LogP contribution is 2.17. The molecule has 0 saturated heterocycles. The Morgan fingerprint density at radius 2 is 1.46 bits per heavy atom. The SMILES string of the molecule is CC(C)(C)C(=O)Nc1cc(F)c(F)cn1.Nc1cc(F)c(F)cn1. The lowest BCUT2D eigenvalue weighted by Crippen LogP contribution is -2.28. The Morgan fingerprint density at radius 1 is 0.958 bits per heavy atom. The van der Waals surface area contributed by atoms with E-state index in [0.717, 1.165) is 24.5 Å². The van der Waals surface area contributed by atoms with Crippen LogP contribution in [0.3, 0.4) is 0 Å². The molecule has 130 valence electrons. The predicted molar refractivity (Wildman–Crippen MR) is 80.8 cm³/mol. The van der Waals surface area contributed by atoms with E-state index in [1.807, 2.05) is 0 Å². The fourth-order valence-electron chi connectivity index (χ4n) is 1.22. The molecule has 0 radical (unpaired) electrons. The zero-order chi connectivity index (χ0) is 18.5. The summed E-state index contributed by atoms with van der Waals surface area (Å²) in [6.07, 6.45) is 1.47. The zero-order valence-electron chi connectivity index (χ0n) is 13.2. The molecule has 5 nitrogen and oxygen atoms in total. The quantitative estimate of drug-likeness (QED) is 0.778. The van der Waals surface area contributed by atoms with E-state index in [4.69, 9.17) is 5.73 Å². The molecule has 0 aliphatic rings. The number of hydrogen-bond donors (Lipinski definition) is 2. The van der Waals surface area contributed by atoms with Crippen molar-refractivity contribution in [3.05, 3.63) is 47.8 Å². The van der Waals surface area contributed by atoms with Crippen LogP contribution < -0.4 is 11.1 Å². The number of hydrogen-bond acceptors (Lipinski definition) is 4. The molecular formula is C15H16F4N4O. The summed E-state index contributed by atoms with van der Waals surface area (Å²) in [6, 6.07) is 1.67. The zero-order valence-corrected chi connectivity index (χ0v) is 13.2. The minimum absolute atomic E-state index is 0.00817. The Labute approximate surface area is 135 Å². The molecule has 9 heteroatoms. The van der Waals surface area contributed by atoms with Crippen LogP contribution >= 0.6 is 0 Å². The number of carbonyl (C=O) groups excluding carboxylic acids is 1. The molecular weight excluding hydrogens is 328 g/mol. The number of aromatic nitrogens is 2. The monoisotopic (exact) mass is 344 g/mol. The number of rotatable bonds is 1. The number of nitrogen functional groups attached to an aromatic ring is 1. The molecule has 0 bridgehead atoms. The van der Waals surface area contributed by atoms with Crippen LogP contribution in [0.4, 0.5) is 29.2 Å². The van der Waals surface area contributed by atoms with Crippen LogP contribution in [0.2, 0.25) is 0 Å². The Bertz CT molecular complexity index is 732. The normalized spacial score (nSPS) is 10.6. The van der Waals surface area contributed by atoms with Crippen LogP contribution in [0, 0.1) is 28.7 Å². The summed E-state index contributed by atoms with van der Waals surface area (Å²) >= 11 is 0. The van der Waals surface area contributed by atoms with E-state index < -0.39 is 28.7 Å². The van der Waals surface area contributed by atoms with E-state index in [1.165, 1.54) is 0 Å². The fraction of sp³-hybridized carbons (Fsp3) is 0.267. The molecule has 24 heavy (non-hydrogen) atoms. The van der Waals surface area contributed by atoms with E-state index in [9.17, 15) is 22.4 Å². The molecule has 3 N–H and O–H groups in total. The summed E-state index contributed by atoms with van der Waals surface area (Å²) in [7, 11) is 0. The van der Waals surface area contributed by atoms with Gasteiger partial charge in [0, 0.05) is 17.5 Å². The van der Waals surface area contributed by atoms with Gasteiger partial charge in [-0.05, 0) is 0 Å². The van der Waals surface area contributed by atoms with Crippen LogP contribution in [0.5, 0.6) is 0 Å². The summed E-state index contributed by atoms with van der Waals surface area (Å²) in [6.45, 7) is 5.13. The molecule has 0 unspecified atom stereocenters. The fourth-order valence-corrected chi connectivity index (χ4v) is 1.22. The number of carbonyl (C=O) groups is 1. The van der Waals surface area contributed by atoms with Crippen molar-refractivity contribution in [2.24, 2.45) is 5.41 Å². The first-order chi connectivity index (χ1) is 11.0. The lowest BCUT2D eigenvalue weighted by molar-refractivity contribution is -0.123. The molecule has 2 heterocycles. The summed E-state index contributed by atoms with van der Waals surface area (Å²) in [4.78, 5) is 18.3. The first-order valence-corrected chi connectivity index (χ1v) is 6.69. The van der Waals surface area contributed by atoms with Crippen molar-refractivity contribution in [1.82, 2.24) is 9.97 Å². The Kier molecular flexibility index (Phi) is 6.21. The highest BCUT2D eigenvalue weighted by atomic mass is 19.2. The largest absolute Gasteiger partial charge is 0.384 e. The average Bonchev–Trinajstić information content (AvgIpc) is 2.47. The second kappa shape index (κ2) is 7.71. The highest BCUT2D eigenvalue weighted by Gasteiger charge is 2.21. The van der Waals surface area contributed by atoms with Gasteiger partial charge in [-0.15, -0.1) is 0 Å². The van der Waals surface area contributed by atoms with Crippen molar-refractivity contribution >= 4 is 17.5 Å². The number of pyridine rings is 2. The first-order valence-electron chi connectivity index (χ1n) is 6.69. The average molecular weight is 344 g/mol. The van der Waals surface area contributed by atoms with Gasteiger partial charge < -0.3 is 11.1 Å². The molecule has 0 aliphatic carbocycles. The molecule has 0 spiro atoms. The van der Waals surface area contributed by atoms with Crippen molar-refractivity contribution in [3.63, 3.8) is 0 Å². The van der Waals surface area contributed by atoms with E-state index in [1.54, 1.807) is 20.8 Å². The molecule has 0 aliphatic heterocycles. The van der Waals surface area contributed by atoms with Gasteiger partial charge in [0.15, 0.2) is 23.3 Å².